The van der Waals surface area contributed by atoms with Crippen molar-refractivity contribution in [2.75, 3.05) is 10.8 Å². The number of halogens is 2. The molecule has 1 aromatic heterocycles. The van der Waals surface area contributed by atoms with Crippen molar-refractivity contribution in [3.8, 4) is 0 Å². The molecule has 2 heterocycles. The van der Waals surface area contributed by atoms with Crippen LogP contribution in [0.5, 0.6) is 0 Å². The van der Waals surface area contributed by atoms with Crippen molar-refractivity contribution in [3.63, 3.8) is 0 Å². The van der Waals surface area contributed by atoms with Gasteiger partial charge in [-0.2, -0.15) is 0 Å². The van der Waals surface area contributed by atoms with Crippen LogP contribution >= 0.6 is 11.6 Å². The highest BCUT2D eigenvalue weighted by atomic mass is 35.5. The Balaban J connectivity index is 1.85. The lowest BCUT2D eigenvalue weighted by atomic mass is 10.00. The molecule has 8 heteroatoms. The average Bonchev–Trinajstić information content (AvgIpc) is 3.17. The molecule has 26 heavy (non-hydrogen) atoms. The Bertz CT molecular complexity index is 1050. The third-order valence-electron chi connectivity index (χ3n) is 4.52. The first-order chi connectivity index (χ1) is 12.5. The highest BCUT2D eigenvalue weighted by Gasteiger charge is 2.35. The predicted octanol–water partition coefficient (Wildman–Crippen LogP) is 3.67. The Kier molecular flexibility index (Phi) is 4.20. The zero-order chi connectivity index (χ0) is 18.3. The Labute approximate surface area is 155 Å². The highest BCUT2D eigenvalue weighted by Crippen LogP contribution is 2.36. The van der Waals surface area contributed by atoms with Crippen molar-refractivity contribution in [1.29, 1.82) is 0 Å². The van der Waals surface area contributed by atoms with Crippen molar-refractivity contribution in [2.45, 2.75) is 17.4 Å². The summed E-state index contributed by atoms with van der Waals surface area (Å²) in [6.07, 6.45) is 5.76. The minimum absolute atomic E-state index is 0.135. The number of sulfonamides is 1. The van der Waals surface area contributed by atoms with Gasteiger partial charge in [-0.15, -0.1) is 0 Å². The van der Waals surface area contributed by atoms with Gasteiger partial charge in [0.1, 0.15) is 4.90 Å². The number of anilines is 1. The molecule has 3 aromatic rings. The summed E-state index contributed by atoms with van der Waals surface area (Å²) in [6.45, 7) is 0.182. The number of imidazole rings is 1. The Hall–Kier alpha value is -2.38. The lowest BCUT2D eigenvalue weighted by molar-refractivity contribution is 0.485. The van der Waals surface area contributed by atoms with Gasteiger partial charge in [-0.3, -0.25) is 4.31 Å². The summed E-state index contributed by atoms with van der Waals surface area (Å²) in [7, 11) is -4.11. The van der Waals surface area contributed by atoms with Gasteiger partial charge in [0.05, 0.1) is 29.6 Å². The first-order valence-corrected chi connectivity index (χ1v) is 9.82. The molecule has 0 radical (unpaired) electrons. The molecule has 1 aliphatic heterocycles. The van der Waals surface area contributed by atoms with E-state index in [0.717, 1.165) is 5.56 Å². The summed E-state index contributed by atoms with van der Waals surface area (Å²) >= 11 is 5.80. The second-order valence-electron chi connectivity index (χ2n) is 6.08. The Morgan fingerprint density at radius 2 is 1.96 bits per heavy atom. The SMILES string of the molecule is O=S(=O)(c1cccc(Cl)c1F)N1CC(n2ccnc2)Cc2ccccc21. The van der Waals surface area contributed by atoms with Crippen LogP contribution in [0.1, 0.15) is 11.6 Å². The standard InChI is InChI=1S/C18H15ClFN3O2S/c19-15-5-3-7-17(18(15)20)26(24,25)23-11-14(22-9-8-21-12-22)10-13-4-1-2-6-16(13)23/h1-9,12,14H,10-11H2. The van der Waals surface area contributed by atoms with Crippen LogP contribution < -0.4 is 4.31 Å². The molecule has 0 N–H and O–H groups in total. The normalized spacial score (nSPS) is 17.2. The van der Waals surface area contributed by atoms with E-state index in [2.05, 4.69) is 4.98 Å². The zero-order valence-electron chi connectivity index (χ0n) is 13.6. The molecule has 2 aromatic carbocycles. The fraction of sp³-hybridized carbons (Fsp3) is 0.167. The number of benzene rings is 2. The number of nitrogens with zero attached hydrogens (tertiary/aromatic N) is 3. The predicted molar refractivity (Wildman–Crippen MR) is 97.4 cm³/mol. The fourth-order valence-corrected chi connectivity index (χ4v) is 5.11. The quantitative estimate of drug-likeness (QED) is 0.684. The lowest BCUT2D eigenvalue weighted by Crippen LogP contribution is -2.41. The van der Waals surface area contributed by atoms with Crippen LogP contribution in [-0.2, 0) is 16.4 Å². The number of hydrogen-bond acceptors (Lipinski definition) is 3. The van der Waals surface area contributed by atoms with Crippen molar-refractivity contribution in [3.05, 3.63) is 77.6 Å². The largest absolute Gasteiger partial charge is 0.332 e. The molecule has 4 rings (SSSR count). The van der Waals surface area contributed by atoms with E-state index in [1.807, 2.05) is 16.7 Å². The van der Waals surface area contributed by atoms with Crippen molar-refractivity contribution < 1.29 is 12.8 Å². The Morgan fingerprint density at radius 1 is 1.15 bits per heavy atom. The molecule has 1 aliphatic rings. The van der Waals surface area contributed by atoms with Gasteiger partial charge >= 0.3 is 0 Å². The zero-order valence-corrected chi connectivity index (χ0v) is 15.2. The molecular formula is C18H15ClFN3O2S. The van der Waals surface area contributed by atoms with Crippen LogP contribution in [0.2, 0.25) is 5.02 Å². The molecule has 0 saturated heterocycles. The Morgan fingerprint density at radius 3 is 2.73 bits per heavy atom. The summed E-state index contributed by atoms with van der Waals surface area (Å²) in [6, 6.07) is 11.1. The molecule has 0 amide bonds. The van der Waals surface area contributed by atoms with Crippen LogP contribution in [0, 0.1) is 5.82 Å². The van der Waals surface area contributed by atoms with Crippen molar-refractivity contribution >= 4 is 27.3 Å². The maximum atomic E-state index is 14.4. The monoisotopic (exact) mass is 391 g/mol. The minimum Gasteiger partial charge on any atom is -0.332 e. The van der Waals surface area contributed by atoms with Crippen LogP contribution in [0.25, 0.3) is 0 Å². The number of para-hydroxylation sites is 1. The van der Waals surface area contributed by atoms with Gasteiger partial charge in [0.25, 0.3) is 10.0 Å². The van der Waals surface area contributed by atoms with E-state index < -0.39 is 20.7 Å². The number of hydrogen-bond donors (Lipinski definition) is 0. The summed E-state index contributed by atoms with van der Waals surface area (Å²) in [5.41, 5.74) is 1.44. The van der Waals surface area contributed by atoms with Gasteiger partial charge in [0.15, 0.2) is 5.82 Å². The average molecular weight is 392 g/mol. The summed E-state index contributed by atoms with van der Waals surface area (Å²) in [5.74, 6) is -0.934. The van der Waals surface area contributed by atoms with Gasteiger partial charge in [0.2, 0.25) is 0 Å². The van der Waals surface area contributed by atoms with E-state index in [-0.39, 0.29) is 17.6 Å². The van der Waals surface area contributed by atoms with E-state index in [9.17, 15) is 12.8 Å². The molecule has 0 aliphatic carbocycles. The van der Waals surface area contributed by atoms with E-state index in [4.69, 9.17) is 11.6 Å². The molecular weight excluding hydrogens is 377 g/mol. The van der Waals surface area contributed by atoms with Gasteiger partial charge < -0.3 is 4.57 Å². The van der Waals surface area contributed by atoms with E-state index in [1.54, 1.807) is 30.9 Å². The number of fused-ring (bicyclic) bond motifs is 1. The third-order valence-corrected chi connectivity index (χ3v) is 6.61. The first-order valence-electron chi connectivity index (χ1n) is 8.00. The van der Waals surface area contributed by atoms with Gasteiger partial charge in [-0.1, -0.05) is 35.9 Å². The molecule has 0 spiro atoms. The third kappa shape index (κ3) is 2.77. The maximum absolute atomic E-state index is 14.4. The molecule has 1 atom stereocenters. The van der Waals surface area contributed by atoms with Gasteiger partial charge in [-0.25, -0.2) is 17.8 Å². The molecule has 134 valence electrons. The maximum Gasteiger partial charge on any atom is 0.267 e. The van der Waals surface area contributed by atoms with E-state index in [0.29, 0.717) is 12.1 Å². The number of rotatable bonds is 3. The van der Waals surface area contributed by atoms with Crippen molar-refractivity contribution in [1.82, 2.24) is 9.55 Å². The van der Waals surface area contributed by atoms with Crippen LogP contribution in [0.3, 0.4) is 0 Å². The fourth-order valence-electron chi connectivity index (χ4n) is 3.25. The second-order valence-corrected chi connectivity index (χ2v) is 8.32. The van der Waals surface area contributed by atoms with Gasteiger partial charge in [0, 0.05) is 12.4 Å². The molecule has 0 bridgehead atoms. The van der Waals surface area contributed by atoms with Crippen LogP contribution in [-0.4, -0.2) is 24.5 Å². The summed E-state index contributed by atoms with van der Waals surface area (Å²) in [5, 5.41) is -0.220. The van der Waals surface area contributed by atoms with Crippen LogP contribution in [0.15, 0.2) is 66.1 Å². The van der Waals surface area contributed by atoms with Crippen LogP contribution in [0.4, 0.5) is 10.1 Å². The number of aromatic nitrogens is 2. The van der Waals surface area contributed by atoms with E-state index in [1.165, 1.54) is 22.5 Å². The first kappa shape index (κ1) is 17.1. The summed E-state index contributed by atoms with van der Waals surface area (Å²) in [4.78, 5) is 3.62. The lowest BCUT2D eigenvalue weighted by Gasteiger charge is -2.35. The molecule has 0 fully saturated rings. The minimum atomic E-state index is -4.11. The summed E-state index contributed by atoms with van der Waals surface area (Å²) < 4.78 is 44.0. The molecule has 0 saturated carbocycles. The molecule has 1 unspecified atom stereocenters. The molecule has 5 nitrogen and oxygen atoms in total. The topological polar surface area (TPSA) is 55.2 Å². The van der Waals surface area contributed by atoms with Gasteiger partial charge in [-0.05, 0) is 30.2 Å². The smallest absolute Gasteiger partial charge is 0.267 e. The van der Waals surface area contributed by atoms with E-state index >= 15 is 0 Å². The highest BCUT2D eigenvalue weighted by molar-refractivity contribution is 7.92. The second kappa shape index (κ2) is 6.41. The van der Waals surface area contributed by atoms with Crippen molar-refractivity contribution in [2.24, 2.45) is 0 Å².